The van der Waals surface area contributed by atoms with Gasteiger partial charge in [-0.1, -0.05) is 17.7 Å². The summed E-state index contributed by atoms with van der Waals surface area (Å²) in [5.74, 6) is 1.07. The average Bonchev–Trinajstić information content (AvgIpc) is 2.25. The second-order valence-corrected chi connectivity index (χ2v) is 4.95. The molecule has 0 heterocycles. The minimum atomic E-state index is 0.0550. The number of hydrogen-bond acceptors (Lipinski definition) is 2. The largest absolute Gasteiger partial charge is 0.326 e. The summed E-state index contributed by atoms with van der Waals surface area (Å²) in [4.78, 5) is 11.6. The van der Waals surface area contributed by atoms with E-state index in [0.29, 0.717) is 11.4 Å². The highest BCUT2D eigenvalue weighted by Gasteiger charge is 2.06. The van der Waals surface area contributed by atoms with Gasteiger partial charge in [-0.25, -0.2) is 0 Å². The number of amides is 1. The second kappa shape index (κ2) is 6.81. The van der Waals surface area contributed by atoms with E-state index in [1.54, 1.807) is 11.8 Å². The zero-order chi connectivity index (χ0) is 12.0. The summed E-state index contributed by atoms with van der Waals surface area (Å²) >= 11 is 7.72. The fraction of sp³-hybridized carbons (Fsp3) is 0.417. The molecule has 0 aliphatic rings. The third-order valence-electron chi connectivity index (χ3n) is 2.29. The number of carbonyl (C=O) groups is 1. The third-order valence-corrected chi connectivity index (χ3v) is 3.40. The number of benzene rings is 1. The lowest BCUT2D eigenvalue weighted by Crippen LogP contribution is -2.12. The summed E-state index contributed by atoms with van der Waals surface area (Å²) in [6.07, 6.45) is 3.51. The van der Waals surface area contributed by atoms with Crippen LogP contribution in [-0.2, 0) is 4.79 Å². The van der Waals surface area contributed by atoms with Crippen LogP contribution in [0.2, 0.25) is 5.02 Å². The summed E-state index contributed by atoms with van der Waals surface area (Å²) in [5, 5.41) is 3.56. The maximum Gasteiger partial charge on any atom is 0.224 e. The third kappa shape index (κ3) is 4.06. The van der Waals surface area contributed by atoms with Crippen LogP contribution in [0.15, 0.2) is 18.2 Å². The summed E-state index contributed by atoms with van der Waals surface area (Å²) in [6.45, 7) is 1.90. The van der Waals surface area contributed by atoms with Gasteiger partial charge in [0.1, 0.15) is 0 Å². The molecule has 1 amide bonds. The van der Waals surface area contributed by atoms with Gasteiger partial charge in [-0.2, -0.15) is 11.8 Å². The van der Waals surface area contributed by atoms with Crippen molar-refractivity contribution >= 4 is 35.0 Å². The number of thioether (sulfide) groups is 1. The molecule has 1 aromatic carbocycles. The van der Waals surface area contributed by atoms with Gasteiger partial charge in [-0.3, -0.25) is 4.79 Å². The van der Waals surface area contributed by atoms with E-state index in [9.17, 15) is 4.79 Å². The normalized spacial score (nSPS) is 10.2. The van der Waals surface area contributed by atoms with Gasteiger partial charge in [0.15, 0.2) is 0 Å². The van der Waals surface area contributed by atoms with E-state index in [2.05, 4.69) is 5.32 Å². The lowest BCUT2D eigenvalue weighted by atomic mass is 10.2. The molecule has 0 aliphatic heterocycles. The Morgan fingerprint density at radius 2 is 2.25 bits per heavy atom. The molecule has 1 aromatic rings. The van der Waals surface area contributed by atoms with Gasteiger partial charge >= 0.3 is 0 Å². The number of nitrogens with one attached hydrogen (secondary N) is 1. The minimum Gasteiger partial charge on any atom is -0.326 e. The summed E-state index contributed by atoms with van der Waals surface area (Å²) < 4.78 is 0. The van der Waals surface area contributed by atoms with Gasteiger partial charge in [0, 0.05) is 17.1 Å². The Bertz CT molecular complexity index is 368. The lowest BCUT2D eigenvalue weighted by molar-refractivity contribution is -0.116. The van der Waals surface area contributed by atoms with Crippen LogP contribution in [0.25, 0.3) is 0 Å². The Morgan fingerprint density at radius 3 is 2.94 bits per heavy atom. The highest BCUT2D eigenvalue weighted by molar-refractivity contribution is 7.98. The van der Waals surface area contributed by atoms with Crippen LogP contribution in [0, 0.1) is 6.92 Å². The van der Waals surface area contributed by atoms with E-state index in [4.69, 9.17) is 11.6 Å². The first-order chi connectivity index (χ1) is 7.65. The number of carbonyl (C=O) groups excluding carboxylic acids is 1. The highest BCUT2D eigenvalue weighted by atomic mass is 35.5. The molecule has 0 aromatic heterocycles. The van der Waals surface area contributed by atoms with Crippen molar-refractivity contribution in [3.63, 3.8) is 0 Å². The number of rotatable bonds is 5. The Hall–Kier alpha value is -0.670. The first kappa shape index (κ1) is 13.4. The van der Waals surface area contributed by atoms with Gasteiger partial charge in [-0.15, -0.1) is 0 Å². The molecule has 0 saturated heterocycles. The van der Waals surface area contributed by atoms with Crippen LogP contribution >= 0.6 is 23.4 Å². The smallest absolute Gasteiger partial charge is 0.224 e. The van der Waals surface area contributed by atoms with E-state index in [1.807, 2.05) is 31.4 Å². The molecule has 0 unspecified atom stereocenters. The van der Waals surface area contributed by atoms with Crippen molar-refractivity contribution in [3.05, 3.63) is 28.8 Å². The van der Waals surface area contributed by atoms with Gasteiger partial charge in [0.25, 0.3) is 0 Å². The summed E-state index contributed by atoms with van der Waals surface area (Å²) in [5.41, 5.74) is 1.73. The van der Waals surface area contributed by atoms with Gasteiger partial charge in [0.2, 0.25) is 5.91 Å². The molecule has 4 heteroatoms. The monoisotopic (exact) mass is 257 g/mol. The zero-order valence-electron chi connectivity index (χ0n) is 9.55. The molecule has 88 valence electrons. The van der Waals surface area contributed by atoms with Crippen LogP contribution in [0.1, 0.15) is 18.4 Å². The predicted molar refractivity (Wildman–Crippen MR) is 72.4 cm³/mol. The van der Waals surface area contributed by atoms with E-state index in [-0.39, 0.29) is 5.91 Å². The van der Waals surface area contributed by atoms with Gasteiger partial charge in [0.05, 0.1) is 0 Å². The fourth-order valence-electron chi connectivity index (χ4n) is 1.33. The van der Waals surface area contributed by atoms with Gasteiger partial charge < -0.3 is 5.32 Å². The average molecular weight is 258 g/mol. The summed E-state index contributed by atoms with van der Waals surface area (Å²) in [6, 6.07) is 5.53. The van der Waals surface area contributed by atoms with E-state index in [1.165, 1.54) is 0 Å². The molecule has 16 heavy (non-hydrogen) atoms. The molecule has 0 saturated carbocycles. The quantitative estimate of drug-likeness (QED) is 0.815. The van der Waals surface area contributed by atoms with Crippen LogP contribution in [0.5, 0.6) is 0 Å². The predicted octanol–water partition coefficient (Wildman–Crippen LogP) is 3.73. The maximum atomic E-state index is 11.6. The van der Waals surface area contributed by atoms with E-state index < -0.39 is 0 Å². The molecule has 1 rings (SSSR count). The van der Waals surface area contributed by atoms with Crippen molar-refractivity contribution in [2.24, 2.45) is 0 Å². The molecule has 0 atom stereocenters. The van der Waals surface area contributed by atoms with Crippen molar-refractivity contribution in [2.75, 3.05) is 17.3 Å². The molecule has 0 aliphatic carbocycles. The minimum absolute atomic E-state index is 0.0550. The maximum absolute atomic E-state index is 11.6. The first-order valence-corrected chi connectivity index (χ1v) is 6.96. The fourth-order valence-corrected chi connectivity index (χ4v) is 1.94. The van der Waals surface area contributed by atoms with Crippen molar-refractivity contribution in [1.29, 1.82) is 0 Å². The van der Waals surface area contributed by atoms with Crippen molar-refractivity contribution < 1.29 is 4.79 Å². The first-order valence-electron chi connectivity index (χ1n) is 5.19. The number of hydrogen-bond donors (Lipinski definition) is 1. The molecule has 2 nitrogen and oxygen atoms in total. The molecular weight excluding hydrogens is 242 g/mol. The molecule has 0 fully saturated rings. The molecule has 0 spiro atoms. The molecule has 0 bridgehead atoms. The number of halogens is 1. The van der Waals surface area contributed by atoms with Crippen molar-refractivity contribution in [2.45, 2.75) is 19.8 Å². The van der Waals surface area contributed by atoms with Crippen molar-refractivity contribution in [1.82, 2.24) is 0 Å². The highest BCUT2D eigenvalue weighted by Crippen LogP contribution is 2.23. The standard InChI is InChI=1S/C12H16ClNOS/c1-9-10(13)5-3-6-11(9)14-12(15)7-4-8-16-2/h3,5-6H,4,7-8H2,1-2H3,(H,14,15). The van der Waals surface area contributed by atoms with E-state index in [0.717, 1.165) is 23.4 Å². The van der Waals surface area contributed by atoms with Crippen LogP contribution in [-0.4, -0.2) is 17.9 Å². The van der Waals surface area contributed by atoms with Crippen LogP contribution in [0.4, 0.5) is 5.69 Å². The Morgan fingerprint density at radius 1 is 1.50 bits per heavy atom. The zero-order valence-corrected chi connectivity index (χ0v) is 11.1. The van der Waals surface area contributed by atoms with Crippen LogP contribution < -0.4 is 5.32 Å². The molecule has 0 radical (unpaired) electrons. The molecular formula is C12H16ClNOS. The Kier molecular flexibility index (Phi) is 5.71. The van der Waals surface area contributed by atoms with Crippen molar-refractivity contribution in [3.8, 4) is 0 Å². The summed E-state index contributed by atoms with van der Waals surface area (Å²) in [7, 11) is 0. The second-order valence-electron chi connectivity index (χ2n) is 3.56. The Labute approximate surface area is 106 Å². The SMILES string of the molecule is CSCCCC(=O)Nc1cccc(Cl)c1C. The topological polar surface area (TPSA) is 29.1 Å². The number of anilines is 1. The van der Waals surface area contributed by atoms with Gasteiger partial charge in [-0.05, 0) is 43.0 Å². The van der Waals surface area contributed by atoms with E-state index >= 15 is 0 Å². The van der Waals surface area contributed by atoms with Crippen LogP contribution in [0.3, 0.4) is 0 Å². The molecule has 1 N–H and O–H groups in total. The lowest BCUT2D eigenvalue weighted by Gasteiger charge is -2.09. The Balaban J connectivity index is 2.53.